The van der Waals surface area contributed by atoms with Gasteiger partial charge < -0.3 is 61.1 Å². The minimum atomic E-state index is -0.991. The first kappa shape index (κ1) is 60.1. The Hall–Kier alpha value is -5.91. The van der Waals surface area contributed by atoms with E-state index in [4.69, 9.17) is 15.4 Å². The molecule has 5 rings (SSSR count). The number of nitrogens with one attached hydrogen (secondary N) is 7. The highest BCUT2D eigenvalue weighted by molar-refractivity contribution is 6.35. The molecule has 382 valence electrons. The number of amides is 8. The summed E-state index contributed by atoms with van der Waals surface area (Å²) < 4.78 is 12.2. The zero-order valence-corrected chi connectivity index (χ0v) is 41.2. The topological polar surface area (TPSA) is 294 Å². The van der Waals surface area contributed by atoms with Gasteiger partial charge in [0.05, 0.1) is 31.7 Å². The number of hydrazine groups is 1. The molecule has 0 aromatic heterocycles. The number of nitrogens with zero attached hydrogens (tertiary/aromatic N) is 4. The predicted octanol–water partition coefficient (Wildman–Crippen LogP) is -1.50. The number of hydrogen-bond donors (Lipinski definition) is 8. The Morgan fingerprint density at radius 3 is 1.63 bits per heavy atom. The Bertz CT molecular complexity index is 1830. The van der Waals surface area contributed by atoms with Crippen LogP contribution >= 0.6 is 0 Å². The van der Waals surface area contributed by atoms with Crippen LogP contribution in [0, 0.1) is 16.6 Å². The summed E-state index contributed by atoms with van der Waals surface area (Å²) in [5, 5.41) is 14.6. The fourth-order valence-electron chi connectivity index (χ4n) is 8.26. The molecule has 9 N–H and O–H groups in total. The minimum Gasteiger partial charge on any atom is -0.362 e. The lowest BCUT2D eigenvalue weighted by Crippen LogP contribution is -2.57. The molecule has 1 aromatic rings. The normalized spacial score (nSPS) is 19.9. The third-order valence-electron chi connectivity index (χ3n) is 11.5. The third kappa shape index (κ3) is 18.6. The van der Waals surface area contributed by atoms with Crippen LogP contribution in [0.4, 0.5) is 10.1 Å². The average Bonchev–Trinajstić information content (AvgIpc) is 4.09. The number of carbonyl (C=O) groups excluding carboxylic acids is 10. The van der Waals surface area contributed by atoms with Gasteiger partial charge in [0.2, 0.25) is 36.4 Å². The number of halogens is 1. The van der Waals surface area contributed by atoms with Crippen LogP contribution in [-0.2, 0) is 47.9 Å². The molecule has 0 saturated carbocycles. The van der Waals surface area contributed by atoms with E-state index >= 15 is 0 Å². The number of aldehydes is 2. The Kier molecular flexibility index (Phi) is 26.3. The molecule has 4 saturated heterocycles. The molecule has 23 heteroatoms. The quantitative estimate of drug-likeness (QED) is 0.0484. The van der Waals surface area contributed by atoms with Gasteiger partial charge in [-0.3, -0.25) is 44.2 Å². The maximum Gasteiger partial charge on any atom is 0.309 e. The van der Waals surface area contributed by atoms with Gasteiger partial charge in [-0.2, -0.15) is 0 Å². The van der Waals surface area contributed by atoms with Gasteiger partial charge in [0.1, 0.15) is 30.5 Å². The molecule has 4 fully saturated rings. The first-order valence-electron chi connectivity index (χ1n) is 22.5. The van der Waals surface area contributed by atoms with E-state index in [1.807, 2.05) is 46.4 Å². The van der Waals surface area contributed by atoms with E-state index < -0.39 is 23.3 Å². The molecule has 1 aromatic carbocycles. The monoisotopic (exact) mass is 963 g/mol. The van der Waals surface area contributed by atoms with Crippen molar-refractivity contribution in [3.8, 4) is 0 Å². The van der Waals surface area contributed by atoms with E-state index in [2.05, 4.69) is 49.3 Å². The summed E-state index contributed by atoms with van der Waals surface area (Å²) >= 11 is 0. The maximum absolute atomic E-state index is 13.4. The molecule has 0 radical (unpaired) electrons. The van der Waals surface area contributed by atoms with Crippen molar-refractivity contribution >= 4 is 66.5 Å². The van der Waals surface area contributed by atoms with E-state index in [0.717, 1.165) is 32.2 Å². The summed E-state index contributed by atoms with van der Waals surface area (Å²) in [6, 6.07) is 5.13. The molecule has 22 nitrogen and oxygen atoms in total. The van der Waals surface area contributed by atoms with E-state index in [1.165, 1.54) is 31.2 Å². The van der Waals surface area contributed by atoms with Gasteiger partial charge in [0.15, 0.2) is 0 Å². The Morgan fingerprint density at radius 2 is 1.16 bits per heavy atom. The number of likely N-dealkylation sites (N-methyl/N-ethyl adjacent to an activating group) is 2. The number of hydrogen-bond acceptors (Lipinski definition) is 14. The van der Waals surface area contributed by atoms with Crippen molar-refractivity contribution in [3.05, 3.63) is 30.1 Å². The number of anilines is 1. The number of nitrogens with two attached hydrogens (primary N) is 1. The molecular weight excluding hydrogens is 888 g/mol. The molecule has 6 atom stereocenters. The number of benzene rings is 1. The molecule has 68 heavy (non-hydrogen) atoms. The average molecular weight is 963 g/mol. The van der Waals surface area contributed by atoms with Gasteiger partial charge in [-0.05, 0) is 81.8 Å². The summed E-state index contributed by atoms with van der Waals surface area (Å²) in [4.78, 5) is 120. The van der Waals surface area contributed by atoms with Gasteiger partial charge in [-0.1, -0.05) is 41.5 Å². The lowest BCUT2D eigenvalue weighted by atomic mass is 9.85. The van der Waals surface area contributed by atoms with Crippen LogP contribution in [0.25, 0.3) is 0 Å². The van der Waals surface area contributed by atoms with Crippen LogP contribution in [0.15, 0.2) is 24.3 Å². The largest absolute Gasteiger partial charge is 0.362 e. The fraction of sp³-hybridized carbons (Fsp3) is 0.644. The first-order chi connectivity index (χ1) is 32.0. The summed E-state index contributed by atoms with van der Waals surface area (Å²) in [5.41, 5.74) is 2.64. The highest BCUT2D eigenvalue weighted by atomic mass is 19.1. The summed E-state index contributed by atoms with van der Waals surface area (Å²) in [6.07, 6.45) is 5.74. The van der Waals surface area contributed by atoms with Gasteiger partial charge in [-0.15, -0.1) is 0 Å². The van der Waals surface area contributed by atoms with E-state index in [0.29, 0.717) is 62.8 Å². The highest BCUT2D eigenvalue weighted by Gasteiger charge is 2.49. The van der Waals surface area contributed by atoms with E-state index in [9.17, 15) is 42.7 Å². The van der Waals surface area contributed by atoms with Gasteiger partial charge >= 0.3 is 11.8 Å². The summed E-state index contributed by atoms with van der Waals surface area (Å²) in [7, 11) is 5.37. The smallest absolute Gasteiger partial charge is 0.309 e. The SMILES string of the molecule is CC=O.CN1CC[C@@H]2[C@H]1CCN2C(=O)C(NN)C(C)(C)C.CNC=O.CNCC(=O)NC(C(=O)N1CC[C@@H]2[C@H]1CCN2C(=O)CNC(=O)C(=O)NCC=O)C(C)(C)C.O=CNc1ccc(F)cc1. The fourth-order valence-corrected chi connectivity index (χ4v) is 8.26. The third-order valence-corrected chi connectivity index (χ3v) is 11.5. The van der Waals surface area contributed by atoms with Crippen molar-refractivity contribution in [2.45, 2.75) is 110 Å². The number of carbonyl (C=O) groups is 10. The molecule has 4 heterocycles. The van der Waals surface area contributed by atoms with Crippen molar-refractivity contribution in [2.75, 3.05) is 72.3 Å². The minimum absolute atomic E-state index is 0.104. The molecule has 8 amide bonds. The lowest BCUT2D eigenvalue weighted by Gasteiger charge is -2.35. The molecule has 0 bridgehead atoms. The second-order valence-corrected chi connectivity index (χ2v) is 18.4. The molecule has 2 unspecified atom stereocenters. The molecule has 4 aliphatic heterocycles. The van der Waals surface area contributed by atoms with E-state index in [-0.39, 0.29) is 72.6 Å². The molecule has 0 aliphatic carbocycles. The first-order valence-corrected chi connectivity index (χ1v) is 22.5. The van der Waals surface area contributed by atoms with Gasteiger partial charge in [-0.25, -0.2) is 9.82 Å². The summed E-state index contributed by atoms with van der Waals surface area (Å²) in [6.45, 7) is 15.6. The van der Waals surface area contributed by atoms with Crippen molar-refractivity contribution in [1.29, 1.82) is 0 Å². The Labute approximate surface area is 399 Å². The van der Waals surface area contributed by atoms with Crippen LogP contribution in [0.5, 0.6) is 0 Å². The van der Waals surface area contributed by atoms with Crippen LogP contribution in [0.3, 0.4) is 0 Å². The highest BCUT2D eigenvalue weighted by Crippen LogP contribution is 2.35. The van der Waals surface area contributed by atoms with Crippen LogP contribution < -0.4 is 43.2 Å². The second-order valence-electron chi connectivity index (χ2n) is 18.4. The van der Waals surface area contributed by atoms with Crippen LogP contribution in [0.1, 0.15) is 74.1 Å². The Balaban J connectivity index is 0.000000545. The predicted molar refractivity (Wildman–Crippen MR) is 252 cm³/mol. The van der Waals surface area contributed by atoms with Crippen LogP contribution in [-0.4, -0.2) is 184 Å². The van der Waals surface area contributed by atoms with Gasteiger partial charge in [0.25, 0.3) is 0 Å². The van der Waals surface area contributed by atoms with Crippen molar-refractivity contribution in [2.24, 2.45) is 16.7 Å². The lowest BCUT2D eigenvalue weighted by molar-refractivity contribution is -0.141. The van der Waals surface area contributed by atoms with Crippen molar-refractivity contribution in [1.82, 2.24) is 51.6 Å². The Morgan fingerprint density at radius 1 is 0.706 bits per heavy atom. The van der Waals surface area contributed by atoms with Crippen molar-refractivity contribution < 1.29 is 52.3 Å². The molecule has 4 aliphatic rings. The zero-order chi connectivity index (χ0) is 51.8. The molecular formula is C45H75FN12O10. The van der Waals surface area contributed by atoms with Crippen LogP contribution in [0.2, 0.25) is 0 Å². The molecule has 0 spiro atoms. The van der Waals surface area contributed by atoms with Crippen molar-refractivity contribution in [3.63, 3.8) is 0 Å². The second kappa shape index (κ2) is 29.8. The van der Waals surface area contributed by atoms with Gasteiger partial charge in [0, 0.05) is 51.0 Å². The number of likely N-dealkylation sites (tertiary alicyclic amines) is 4. The standard InChI is InChI=1S/C21H34N6O6.C13H26N4O.C7H6FNO.C2H5NO.C2H4O/c1-21(2,3)17(25-15(29)11-22-4)20(33)27-9-6-13-14(27)5-8-26(13)16(30)12-24-19(32)18(31)23-7-10-28;1-13(2,3)11(15-14)12(18)17-8-6-9-10(17)5-7-16(9)4;8-6-1-3-7(4-2-6)9-5-10;1-3-2-4;1-2-3/h10,13-14,17,22H,5-9,11-12H2,1-4H3,(H,23,31)(H,24,32)(H,25,29);9-11,15H,5-8,14H2,1-4H3;1-5H,(H,9,10);2H,1H3,(H,3,4);2H,1H3/t13-,14-,17?;9-,10-,11?;;;/m11.../s1. The zero-order valence-electron chi connectivity index (χ0n) is 41.2. The number of rotatable bonds is 13. The van der Waals surface area contributed by atoms with E-state index in [1.54, 1.807) is 23.9 Å². The summed E-state index contributed by atoms with van der Waals surface area (Å²) in [5.74, 6) is 2.68. The number of fused-ring (bicyclic) bond motifs is 2. The maximum atomic E-state index is 13.4.